The zero-order chi connectivity index (χ0) is 15.3. The van der Waals surface area contributed by atoms with Crippen LogP contribution in [-0.2, 0) is 0 Å². The van der Waals surface area contributed by atoms with Crippen LogP contribution < -0.4 is 0 Å². The molecule has 0 bridgehead atoms. The van der Waals surface area contributed by atoms with Crippen molar-refractivity contribution in [1.82, 2.24) is 9.38 Å². The van der Waals surface area contributed by atoms with E-state index >= 15 is 0 Å². The lowest BCUT2D eigenvalue weighted by molar-refractivity contribution is 0.0988. The number of ketones is 1. The fraction of sp³-hybridized carbons (Fsp3) is 0.158. The quantitative estimate of drug-likeness (QED) is 0.507. The molecule has 4 aromatic rings. The van der Waals surface area contributed by atoms with Crippen molar-refractivity contribution < 1.29 is 4.79 Å². The average Bonchev–Trinajstić information content (AvgIpc) is 2.92. The van der Waals surface area contributed by atoms with Crippen molar-refractivity contribution in [3.8, 4) is 0 Å². The predicted octanol–water partition coefficient (Wildman–Crippen LogP) is 4.54. The van der Waals surface area contributed by atoms with Crippen LogP contribution in [0.25, 0.3) is 27.3 Å². The van der Waals surface area contributed by atoms with E-state index in [1.54, 1.807) is 0 Å². The summed E-state index contributed by atoms with van der Waals surface area (Å²) >= 11 is 0. The van der Waals surface area contributed by atoms with Crippen LogP contribution in [0, 0.1) is 6.92 Å². The molecule has 22 heavy (non-hydrogen) atoms. The number of hydrogen-bond donors (Lipinski definition) is 0. The highest BCUT2D eigenvalue weighted by Crippen LogP contribution is 2.29. The minimum atomic E-state index is 0.161. The monoisotopic (exact) mass is 288 g/mol. The molecule has 1 aromatic carbocycles. The molecular weight excluding hydrogens is 272 g/mol. The number of hydrogen-bond acceptors (Lipinski definition) is 2. The summed E-state index contributed by atoms with van der Waals surface area (Å²) in [7, 11) is 0. The van der Waals surface area contributed by atoms with E-state index in [1.807, 2.05) is 43.5 Å². The summed E-state index contributed by atoms with van der Waals surface area (Å²) in [4.78, 5) is 16.8. The third-order valence-electron chi connectivity index (χ3n) is 4.34. The Hall–Kier alpha value is -2.68. The van der Waals surface area contributed by atoms with E-state index < -0.39 is 0 Å². The van der Waals surface area contributed by atoms with Gasteiger partial charge in [0.25, 0.3) is 0 Å². The summed E-state index contributed by atoms with van der Waals surface area (Å²) in [6.07, 6.45) is 4.56. The highest BCUT2D eigenvalue weighted by Gasteiger charge is 2.12. The van der Waals surface area contributed by atoms with Gasteiger partial charge in [-0.3, -0.25) is 4.79 Å². The largest absolute Gasteiger partial charge is 0.321 e. The topological polar surface area (TPSA) is 34.4 Å². The Labute approximate surface area is 128 Å². The van der Waals surface area contributed by atoms with Gasteiger partial charge in [-0.15, -0.1) is 0 Å². The smallest absolute Gasteiger partial charge is 0.162 e. The van der Waals surface area contributed by atoms with Crippen LogP contribution in [0.4, 0.5) is 0 Å². The Morgan fingerprint density at radius 3 is 2.82 bits per heavy atom. The van der Waals surface area contributed by atoms with Gasteiger partial charge in [-0.05, 0) is 30.7 Å². The summed E-state index contributed by atoms with van der Waals surface area (Å²) in [5, 5.41) is 2.32. The summed E-state index contributed by atoms with van der Waals surface area (Å²) in [5.74, 6) is 0.161. The highest BCUT2D eigenvalue weighted by molar-refractivity contribution is 6.06. The van der Waals surface area contributed by atoms with Crippen LogP contribution in [0.3, 0.4) is 0 Å². The molecular formula is C19H16N2O. The molecule has 0 unspecified atom stereocenters. The number of fused-ring (bicyclic) bond motifs is 4. The third-order valence-corrected chi connectivity index (χ3v) is 4.34. The standard InChI is InChI=1S/C19H16N2O/c1-3-18(22)13-8-9-21-11-15-12(2)14-6-4-5-7-16(14)20-19(15)17(21)10-13/h4-11H,3H2,1-2H3. The number of pyridine rings is 2. The Kier molecular flexibility index (Phi) is 2.76. The van der Waals surface area contributed by atoms with Gasteiger partial charge in [0.15, 0.2) is 5.78 Å². The van der Waals surface area contributed by atoms with Gasteiger partial charge >= 0.3 is 0 Å². The normalized spacial score (nSPS) is 11.5. The number of rotatable bonds is 2. The molecule has 0 aliphatic carbocycles. The van der Waals surface area contributed by atoms with Gasteiger partial charge in [-0.25, -0.2) is 4.98 Å². The number of benzene rings is 1. The van der Waals surface area contributed by atoms with Gasteiger partial charge in [0.1, 0.15) is 0 Å². The predicted molar refractivity (Wildman–Crippen MR) is 89.6 cm³/mol. The minimum absolute atomic E-state index is 0.161. The second-order valence-electron chi connectivity index (χ2n) is 5.63. The van der Waals surface area contributed by atoms with E-state index in [9.17, 15) is 4.79 Å². The Bertz CT molecular complexity index is 1040. The molecule has 4 rings (SSSR count). The lowest BCUT2D eigenvalue weighted by Gasteiger charge is -2.03. The second kappa shape index (κ2) is 4.67. The Balaban J connectivity index is 2.13. The molecule has 108 valence electrons. The van der Waals surface area contributed by atoms with Crippen LogP contribution in [0.1, 0.15) is 29.3 Å². The maximum absolute atomic E-state index is 12.0. The molecule has 3 heteroatoms. The molecule has 3 aromatic heterocycles. The lowest BCUT2D eigenvalue weighted by atomic mass is 10.1. The molecule has 3 heterocycles. The molecule has 3 nitrogen and oxygen atoms in total. The molecule has 0 atom stereocenters. The summed E-state index contributed by atoms with van der Waals surface area (Å²) in [5.41, 5.74) is 4.92. The molecule has 0 fully saturated rings. The zero-order valence-electron chi connectivity index (χ0n) is 12.6. The van der Waals surface area contributed by atoms with Gasteiger partial charge in [-0.1, -0.05) is 25.1 Å². The maximum atomic E-state index is 12.0. The van der Waals surface area contributed by atoms with Crippen molar-refractivity contribution in [3.05, 3.63) is 59.9 Å². The van der Waals surface area contributed by atoms with Crippen molar-refractivity contribution in [3.63, 3.8) is 0 Å². The van der Waals surface area contributed by atoms with Crippen LogP contribution >= 0.6 is 0 Å². The second-order valence-corrected chi connectivity index (χ2v) is 5.63. The van der Waals surface area contributed by atoms with Crippen LogP contribution in [-0.4, -0.2) is 15.2 Å². The van der Waals surface area contributed by atoms with Crippen molar-refractivity contribution in [2.75, 3.05) is 0 Å². The first-order chi connectivity index (χ1) is 10.7. The fourth-order valence-electron chi connectivity index (χ4n) is 3.08. The molecule has 0 amide bonds. The molecule has 0 radical (unpaired) electrons. The minimum Gasteiger partial charge on any atom is -0.321 e. The number of Topliss-reactive ketones (excluding diaryl/α,β-unsaturated/α-hetero) is 1. The Morgan fingerprint density at radius 2 is 2.00 bits per heavy atom. The Morgan fingerprint density at radius 1 is 1.18 bits per heavy atom. The first kappa shape index (κ1) is 13.0. The molecule has 0 saturated heterocycles. The molecule has 0 N–H and O–H groups in total. The van der Waals surface area contributed by atoms with Gasteiger partial charge in [0.2, 0.25) is 0 Å². The third kappa shape index (κ3) is 1.75. The van der Waals surface area contributed by atoms with Gasteiger partial charge < -0.3 is 4.40 Å². The van der Waals surface area contributed by atoms with E-state index in [4.69, 9.17) is 4.98 Å². The van der Waals surface area contributed by atoms with Crippen molar-refractivity contribution in [1.29, 1.82) is 0 Å². The number of carbonyl (C=O) groups is 1. The van der Waals surface area contributed by atoms with Crippen LogP contribution in [0.2, 0.25) is 0 Å². The molecule has 0 spiro atoms. The number of carbonyl (C=O) groups excluding carboxylic acids is 1. The first-order valence-corrected chi connectivity index (χ1v) is 7.52. The SMILES string of the molecule is CCC(=O)c1ccn2cc3c(C)c4ccccc4nc3c2c1. The first-order valence-electron chi connectivity index (χ1n) is 7.52. The van der Waals surface area contributed by atoms with Crippen molar-refractivity contribution >= 4 is 33.1 Å². The number of para-hydroxylation sites is 1. The van der Waals surface area contributed by atoms with Gasteiger partial charge in [-0.2, -0.15) is 0 Å². The van der Waals surface area contributed by atoms with E-state index in [0.717, 1.165) is 27.5 Å². The van der Waals surface area contributed by atoms with E-state index in [1.165, 1.54) is 10.9 Å². The molecule has 0 aliphatic heterocycles. The highest BCUT2D eigenvalue weighted by atomic mass is 16.1. The van der Waals surface area contributed by atoms with Crippen molar-refractivity contribution in [2.45, 2.75) is 20.3 Å². The number of nitrogens with zero attached hydrogens (tertiary/aromatic N) is 2. The zero-order valence-corrected chi connectivity index (χ0v) is 12.6. The molecule has 0 aliphatic rings. The van der Waals surface area contributed by atoms with E-state index in [0.29, 0.717) is 6.42 Å². The summed E-state index contributed by atoms with van der Waals surface area (Å²) < 4.78 is 2.05. The van der Waals surface area contributed by atoms with Gasteiger partial charge in [0, 0.05) is 35.2 Å². The number of aryl methyl sites for hydroxylation is 1. The maximum Gasteiger partial charge on any atom is 0.162 e. The number of aromatic nitrogens is 2. The van der Waals surface area contributed by atoms with E-state index in [2.05, 4.69) is 23.6 Å². The summed E-state index contributed by atoms with van der Waals surface area (Å²) in [6.45, 7) is 4.02. The van der Waals surface area contributed by atoms with Gasteiger partial charge in [0.05, 0.1) is 16.6 Å². The van der Waals surface area contributed by atoms with E-state index in [-0.39, 0.29) is 5.78 Å². The van der Waals surface area contributed by atoms with Crippen molar-refractivity contribution in [2.24, 2.45) is 0 Å². The van der Waals surface area contributed by atoms with Crippen LogP contribution in [0.15, 0.2) is 48.8 Å². The average molecular weight is 288 g/mol. The fourth-order valence-corrected chi connectivity index (χ4v) is 3.08. The van der Waals surface area contributed by atoms with Crippen LogP contribution in [0.5, 0.6) is 0 Å². The summed E-state index contributed by atoms with van der Waals surface area (Å²) in [6, 6.07) is 12.0. The molecule has 0 saturated carbocycles. The lowest BCUT2D eigenvalue weighted by Crippen LogP contribution is -1.97.